The third-order valence-electron chi connectivity index (χ3n) is 5.42. The van der Waals surface area contributed by atoms with Crippen LogP contribution < -0.4 is 11.1 Å². The zero-order chi connectivity index (χ0) is 18.2. The highest BCUT2D eigenvalue weighted by molar-refractivity contribution is 7.12. The molecule has 0 bridgehead atoms. The van der Waals surface area contributed by atoms with Crippen LogP contribution in [0.1, 0.15) is 35.6 Å². The molecule has 0 spiro atoms. The first-order valence-corrected chi connectivity index (χ1v) is 10.2. The van der Waals surface area contributed by atoms with E-state index >= 15 is 0 Å². The first-order valence-electron chi connectivity index (χ1n) is 9.29. The number of nitrogens with zero attached hydrogens (tertiary/aromatic N) is 3. The maximum Gasteiger partial charge on any atom is 0.151 e. The number of nitrogen functional groups attached to an aromatic ring is 1. The standard InChI is InChI=1S/C20H21N5OS/c21-19-16(20-25-24-11-27-20)8-14(9-23-19)13-6-12-3-5-26-10-17(12)15(7-13)18-2-1-4-22-18/h6-9,11,18,22H,1-5,10H2,(H2,21,23)/t18-/m0/s1. The van der Waals surface area contributed by atoms with E-state index in [9.17, 15) is 0 Å². The van der Waals surface area contributed by atoms with Crippen LogP contribution in [-0.2, 0) is 17.8 Å². The van der Waals surface area contributed by atoms with Crippen LogP contribution in [0, 0.1) is 0 Å². The van der Waals surface area contributed by atoms with E-state index in [1.165, 1.54) is 46.4 Å². The van der Waals surface area contributed by atoms with E-state index in [4.69, 9.17) is 10.5 Å². The Morgan fingerprint density at radius 3 is 3.00 bits per heavy atom. The topological polar surface area (TPSA) is 86.0 Å². The molecule has 3 N–H and O–H groups in total. The Hall–Kier alpha value is -2.35. The molecule has 1 atom stereocenters. The Bertz CT molecular complexity index is 967. The third-order valence-corrected chi connectivity index (χ3v) is 6.14. The van der Waals surface area contributed by atoms with Crippen LogP contribution in [0.5, 0.6) is 0 Å². The molecule has 0 amide bonds. The van der Waals surface area contributed by atoms with Gasteiger partial charge in [-0.15, -0.1) is 10.2 Å². The number of nitrogens with one attached hydrogen (secondary N) is 1. The van der Waals surface area contributed by atoms with Crippen LogP contribution in [0.4, 0.5) is 5.82 Å². The molecular weight excluding hydrogens is 358 g/mol. The summed E-state index contributed by atoms with van der Waals surface area (Å²) >= 11 is 1.47. The highest BCUT2D eigenvalue weighted by Gasteiger charge is 2.24. The average molecular weight is 379 g/mol. The van der Waals surface area contributed by atoms with Gasteiger partial charge in [-0.2, -0.15) is 0 Å². The minimum Gasteiger partial charge on any atom is -0.383 e. The number of ether oxygens (including phenoxy) is 1. The summed E-state index contributed by atoms with van der Waals surface area (Å²) in [7, 11) is 0. The van der Waals surface area contributed by atoms with Gasteiger partial charge in [0.25, 0.3) is 0 Å². The molecule has 1 aromatic carbocycles. The van der Waals surface area contributed by atoms with E-state index in [0.717, 1.165) is 35.7 Å². The number of nitrogens with two attached hydrogens (primary N) is 1. The van der Waals surface area contributed by atoms with Gasteiger partial charge in [-0.1, -0.05) is 17.4 Å². The van der Waals surface area contributed by atoms with Crippen LogP contribution in [0.25, 0.3) is 21.7 Å². The molecule has 3 aromatic rings. The van der Waals surface area contributed by atoms with E-state index in [1.54, 1.807) is 5.51 Å². The van der Waals surface area contributed by atoms with Crippen molar-refractivity contribution in [2.45, 2.75) is 31.9 Å². The number of fused-ring (bicyclic) bond motifs is 1. The number of hydrogen-bond acceptors (Lipinski definition) is 7. The maximum atomic E-state index is 6.10. The molecule has 1 saturated heterocycles. The van der Waals surface area contributed by atoms with E-state index in [0.29, 0.717) is 18.5 Å². The third kappa shape index (κ3) is 3.12. The molecule has 6 nitrogen and oxygen atoms in total. The maximum absolute atomic E-state index is 6.10. The summed E-state index contributed by atoms with van der Waals surface area (Å²) < 4.78 is 5.76. The van der Waals surface area contributed by atoms with Crippen molar-refractivity contribution in [2.24, 2.45) is 0 Å². The van der Waals surface area contributed by atoms with Gasteiger partial charge in [-0.25, -0.2) is 4.98 Å². The lowest BCUT2D eigenvalue weighted by Crippen LogP contribution is -2.19. The van der Waals surface area contributed by atoms with Crippen LogP contribution in [0.15, 0.2) is 29.9 Å². The second-order valence-corrected chi connectivity index (χ2v) is 7.89. The van der Waals surface area contributed by atoms with Crippen molar-refractivity contribution in [3.63, 3.8) is 0 Å². The van der Waals surface area contributed by atoms with Crippen LogP contribution in [0.3, 0.4) is 0 Å². The van der Waals surface area contributed by atoms with E-state index in [1.807, 2.05) is 6.20 Å². The highest BCUT2D eigenvalue weighted by Crippen LogP contribution is 2.36. The molecule has 7 heteroatoms. The smallest absolute Gasteiger partial charge is 0.151 e. The zero-order valence-electron chi connectivity index (χ0n) is 14.9. The number of pyridine rings is 1. The minimum atomic E-state index is 0.407. The van der Waals surface area contributed by atoms with Crippen molar-refractivity contribution < 1.29 is 4.74 Å². The molecular formula is C20H21N5OS. The summed E-state index contributed by atoms with van der Waals surface area (Å²) in [6, 6.07) is 7.07. The SMILES string of the molecule is Nc1ncc(-c2cc3c(c([C@@H]4CCCN4)c2)COCC3)cc1-c1nncs1. The number of benzene rings is 1. The molecule has 0 saturated carbocycles. The molecule has 0 radical (unpaired) electrons. The number of hydrogen-bond donors (Lipinski definition) is 2. The lowest BCUT2D eigenvalue weighted by atomic mass is 9.88. The van der Waals surface area contributed by atoms with E-state index in [2.05, 4.69) is 38.7 Å². The van der Waals surface area contributed by atoms with Crippen molar-refractivity contribution in [3.05, 3.63) is 46.6 Å². The summed E-state index contributed by atoms with van der Waals surface area (Å²) in [5.74, 6) is 0.486. The van der Waals surface area contributed by atoms with Gasteiger partial charge in [0.15, 0.2) is 5.01 Å². The van der Waals surface area contributed by atoms with Gasteiger partial charge < -0.3 is 15.8 Å². The van der Waals surface area contributed by atoms with E-state index < -0.39 is 0 Å². The fraction of sp³-hybridized carbons (Fsp3) is 0.350. The Morgan fingerprint density at radius 1 is 1.22 bits per heavy atom. The largest absolute Gasteiger partial charge is 0.383 e. The van der Waals surface area contributed by atoms with E-state index in [-0.39, 0.29) is 0 Å². The fourth-order valence-electron chi connectivity index (χ4n) is 4.03. The zero-order valence-corrected chi connectivity index (χ0v) is 15.8. The molecule has 2 aliphatic rings. The number of anilines is 1. The molecule has 0 unspecified atom stereocenters. The highest BCUT2D eigenvalue weighted by atomic mass is 32.1. The normalized spacial score (nSPS) is 19.2. The van der Waals surface area contributed by atoms with Gasteiger partial charge in [0.05, 0.1) is 18.8 Å². The Labute approximate surface area is 161 Å². The first kappa shape index (κ1) is 16.8. The van der Waals surface area contributed by atoms with Crippen molar-refractivity contribution in [1.82, 2.24) is 20.5 Å². The molecule has 1 fully saturated rings. The summed E-state index contributed by atoms with van der Waals surface area (Å²) in [6.07, 6.45) is 5.20. The second-order valence-electron chi connectivity index (χ2n) is 7.06. The van der Waals surface area contributed by atoms with Crippen molar-refractivity contribution in [3.8, 4) is 21.7 Å². The molecule has 4 heterocycles. The minimum absolute atomic E-state index is 0.407. The lowest BCUT2D eigenvalue weighted by Gasteiger charge is -2.24. The Kier molecular flexibility index (Phi) is 4.35. The molecule has 27 heavy (non-hydrogen) atoms. The molecule has 138 valence electrons. The predicted octanol–water partition coefficient (Wildman–Crippen LogP) is 3.35. The monoisotopic (exact) mass is 379 g/mol. The van der Waals surface area contributed by atoms with Crippen molar-refractivity contribution >= 4 is 17.2 Å². The van der Waals surface area contributed by atoms with Gasteiger partial charge in [-0.3, -0.25) is 0 Å². The average Bonchev–Trinajstić information content (AvgIpc) is 3.41. The second kappa shape index (κ2) is 6.99. The van der Waals surface area contributed by atoms with Crippen molar-refractivity contribution in [2.75, 3.05) is 18.9 Å². The molecule has 2 aliphatic heterocycles. The van der Waals surface area contributed by atoms with Gasteiger partial charge in [-0.05, 0) is 60.2 Å². The van der Waals surface area contributed by atoms with Crippen LogP contribution in [-0.4, -0.2) is 28.3 Å². The quantitative estimate of drug-likeness (QED) is 0.726. The van der Waals surface area contributed by atoms with Crippen LogP contribution >= 0.6 is 11.3 Å². The lowest BCUT2D eigenvalue weighted by molar-refractivity contribution is 0.109. The number of rotatable bonds is 3. The summed E-state index contributed by atoms with van der Waals surface area (Å²) in [4.78, 5) is 4.43. The Balaban J connectivity index is 1.63. The van der Waals surface area contributed by atoms with Crippen LogP contribution in [0.2, 0.25) is 0 Å². The van der Waals surface area contributed by atoms with Gasteiger partial charge in [0, 0.05) is 17.8 Å². The Morgan fingerprint density at radius 2 is 2.19 bits per heavy atom. The molecule has 2 aromatic heterocycles. The first-order chi connectivity index (χ1) is 13.3. The van der Waals surface area contributed by atoms with Gasteiger partial charge in [0.1, 0.15) is 11.3 Å². The molecule has 0 aliphatic carbocycles. The number of aromatic nitrogens is 3. The van der Waals surface area contributed by atoms with Gasteiger partial charge in [0.2, 0.25) is 0 Å². The fourth-order valence-corrected chi connectivity index (χ4v) is 4.61. The summed E-state index contributed by atoms with van der Waals surface area (Å²) in [6.45, 7) is 2.57. The summed E-state index contributed by atoms with van der Waals surface area (Å²) in [5, 5.41) is 12.5. The van der Waals surface area contributed by atoms with Gasteiger partial charge >= 0.3 is 0 Å². The van der Waals surface area contributed by atoms with Crippen molar-refractivity contribution in [1.29, 1.82) is 0 Å². The summed E-state index contributed by atoms with van der Waals surface area (Å²) in [5.41, 5.74) is 15.0. The molecule has 5 rings (SSSR count). The predicted molar refractivity (Wildman–Crippen MR) is 106 cm³/mol.